The SMILES string of the molecule is Cc1cccc(C)c1CS(=O)(=O)NCCCBr. The van der Waals surface area contributed by atoms with E-state index in [0.717, 1.165) is 28.4 Å². The summed E-state index contributed by atoms with van der Waals surface area (Å²) in [4.78, 5) is 0. The summed E-state index contributed by atoms with van der Waals surface area (Å²) in [5, 5.41) is 0.804. The van der Waals surface area contributed by atoms with Crippen molar-refractivity contribution in [1.29, 1.82) is 0 Å². The number of hydrogen-bond acceptors (Lipinski definition) is 2. The van der Waals surface area contributed by atoms with E-state index >= 15 is 0 Å². The lowest BCUT2D eigenvalue weighted by atomic mass is 10.1. The Hall–Kier alpha value is -0.390. The normalized spacial score (nSPS) is 11.7. The van der Waals surface area contributed by atoms with E-state index < -0.39 is 10.0 Å². The van der Waals surface area contributed by atoms with Crippen LogP contribution >= 0.6 is 15.9 Å². The van der Waals surface area contributed by atoms with Gasteiger partial charge >= 0.3 is 0 Å². The van der Waals surface area contributed by atoms with Crippen molar-refractivity contribution in [3.8, 4) is 0 Å². The van der Waals surface area contributed by atoms with E-state index in [1.54, 1.807) is 0 Å². The van der Waals surface area contributed by atoms with Gasteiger partial charge in [0.15, 0.2) is 0 Å². The maximum Gasteiger partial charge on any atom is 0.215 e. The molecule has 0 heterocycles. The second-order valence-corrected chi connectivity index (χ2v) is 6.67. The van der Waals surface area contributed by atoms with Gasteiger partial charge in [0.05, 0.1) is 5.75 Å². The Balaban J connectivity index is 2.76. The van der Waals surface area contributed by atoms with Crippen LogP contribution in [-0.4, -0.2) is 20.3 Å². The topological polar surface area (TPSA) is 46.2 Å². The summed E-state index contributed by atoms with van der Waals surface area (Å²) in [6.45, 7) is 4.37. The van der Waals surface area contributed by atoms with Crippen LogP contribution in [0.1, 0.15) is 23.1 Å². The Morgan fingerprint density at radius 3 is 2.35 bits per heavy atom. The smallest absolute Gasteiger partial charge is 0.215 e. The first kappa shape index (κ1) is 14.7. The van der Waals surface area contributed by atoms with Crippen LogP contribution in [0.15, 0.2) is 18.2 Å². The second kappa shape index (κ2) is 6.52. The monoisotopic (exact) mass is 319 g/mol. The molecule has 1 aromatic rings. The van der Waals surface area contributed by atoms with Gasteiger partial charge in [0.1, 0.15) is 0 Å². The van der Waals surface area contributed by atoms with E-state index in [0.29, 0.717) is 6.54 Å². The molecule has 0 saturated carbocycles. The van der Waals surface area contributed by atoms with Crippen LogP contribution in [0.5, 0.6) is 0 Å². The Bertz CT molecular complexity index is 451. The van der Waals surface area contributed by atoms with Crippen LogP contribution in [0.3, 0.4) is 0 Å². The molecule has 17 heavy (non-hydrogen) atoms. The molecule has 1 N–H and O–H groups in total. The molecule has 0 radical (unpaired) electrons. The molecule has 3 nitrogen and oxygen atoms in total. The van der Waals surface area contributed by atoms with Crippen molar-refractivity contribution in [3.05, 3.63) is 34.9 Å². The van der Waals surface area contributed by atoms with Crippen molar-refractivity contribution in [1.82, 2.24) is 4.72 Å². The fraction of sp³-hybridized carbons (Fsp3) is 0.500. The van der Waals surface area contributed by atoms with Crippen molar-refractivity contribution >= 4 is 26.0 Å². The summed E-state index contributed by atoms with van der Waals surface area (Å²) in [6.07, 6.45) is 0.798. The van der Waals surface area contributed by atoms with Gasteiger partial charge in [-0.1, -0.05) is 34.1 Å². The molecule has 96 valence electrons. The van der Waals surface area contributed by atoms with Gasteiger partial charge in [0.25, 0.3) is 0 Å². The van der Waals surface area contributed by atoms with Gasteiger partial charge in [0.2, 0.25) is 10.0 Å². The molecule has 0 aliphatic rings. The zero-order chi connectivity index (χ0) is 12.9. The summed E-state index contributed by atoms with van der Waals surface area (Å²) in [5.74, 6) is 0.0633. The molecule has 0 aliphatic heterocycles. The minimum Gasteiger partial charge on any atom is -0.215 e. The molecule has 0 amide bonds. The van der Waals surface area contributed by atoms with E-state index in [-0.39, 0.29) is 5.75 Å². The highest BCUT2D eigenvalue weighted by atomic mass is 79.9. The molecule has 1 aromatic carbocycles. The Kier molecular flexibility index (Phi) is 5.62. The zero-order valence-electron chi connectivity index (χ0n) is 10.2. The summed E-state index contributed by atoms with van der Waals surface area (Å²) in [5.41, 5.74) is 2.95. The average Bonchev–Trinajstić information content (AvgIpc) is 2.24. The fourth-order valence-corrected chi connectivity index (χ4v) is 3.29. The van der Waals surface area contributed by atoms with Crippen LogP contribution in [-0.2, 0) is 15.8 Å². The van der Waals surface area contributed by atoms with E-state index in [9.17, 15) is 8.42 Å². The summed E-state index contributed by atoms with van der Waals surface area (Å²) < 4.78 is 26.3. The molecule has 0 aliphatic carbocycles. The Labute approximate surface area is 112 Å². The van der Waals surface area contributed by atoms with Gasteiger partial charge < -0.3 is 0 Å². The molecular formula is C12H18BrNO2S. The van der Waals surface area contributed by atoms with Crippen molar-refractivity contribution in [2.75, 3.05) is 11.9 Å². The van der Waals surface area contributed by atoms with Gasteiger partial charge in [-0.15, -0.1) is 0 Å². The highest BCUT2D eigenvalue weighted by Crippen LogP contribution is 2.15. The van der Waals surface area contributed by atoms with Gasteiger partial charge in [-0.3, -0.25) is 0 Å². The average molecular weight is 320 g/mol. The number of aryl methyl sites for hydroxylation is 2. The maximum absolute atomic E-state index is 11.9. The molecule has 1 rings (SSSR count). The van der Waals surface area contributed by atoms with E-state index in [1.165, 1.54) is 0 Å². The van der Waals surface area contributed by atoms with E-state index in [1.807, 2.05) is 32.0 Å². The van der Waals surface area contributed by atoms with Crippen LogP contribution in [0.4, 0.5) is 0 Å². The van der Waals surface area contributed by atoms with Crippen molar-refractivity contribution < 1.29 is 8.42 Å². The highest BCUT2D eigenvalue weighted by Gasteiger charge is 2.13. The standard InChI is InChI=1S/C12H18BrNO2S/c1-10-5-3-6-11(2)12(10)9-17(15,16)14-8-4-7-13/h3,5-6,14H,4,7-9H2,1-2H3. The van der Waals surface area contributed by atoms with E-state index in [2.05, 4.69) is 20.7 Å². The van der Waals surface area contributed by atoms with Crippen LogP contribution in [0.2, 0.25) is 0 Å². The molecule has 0 spiro atoms. The number of sulfonamides is 1. The van der Waals surface area contributed by atoms with Gasteiger partial charge in [0, 0.05) is 11.9 Å². The third kappa shape index (κ3) is 4.77. The molecule has 5 heteroatoms. The fourth-order valence-electron chi connectivity index (χ4n) is 1.61. The van der Waals surface area contributed by atoms with Crippen LogP contribution in [0.25, 0.3) is 0 Å². The Morgan fingerprint density at radius 1 is 1.24 bits per heavy atom. The van der Waals surface area contributed by atoms with Crippen molar-refractivity contribution in [2.45, 2.75) is 26.0 Å². The first-order valence-electron chi connectivity index (χ1n) is 5.54. The second-order valence-electron chi connectivity index (χ2n) is 4.07. The zero-order valence-corrected chi connectivity index (χ0v) is 12.6. The predicted octanol–water partition coefficient (Wildman–Crippen LogP) is 2.51. The van der Waals surface area contributed by atoms with Crippen LogP contribution < -0.4 is 4.72 Å². The quantitative estimate of drug-likeness (QED) is 0.647. The molecule has 0 fully saturated rings. The lowest BCUT2D eigenvalue weighted by Crippen LogP contribution is -2.26. The minimum atomic E-state index is -3.22. The van der Waals surface area contributed by atoms with Gasteiger partial charge in [-0.25, -0.2) is 13.1 Å². The molecule has 0 unspecified atom stereocenters. The Morgan fingerprint density at radius 2 is 1.82 bits per heavy atom. The molecule has 0 saturated heterocycles. The third-order valence-electron chi connectivity index (χ3n) is 2.61. The first-order chi connectivity index (χ1) is 7.96. The minimum absolute atomic E-state index is 0.0633. The number of benzene rings is 1. The maximum atomic E-state index is 11.9. The largest absolute Gasteiger partial charge is 0.215 e. The number of halogens is 1. The first-order valence-corrected chi connectivity index (χ1v) is 8.32. The predicted molar refractivity (Wildman–Crippen MR) is 75.0 cm³/mol. The molecule has 0 atom stereocenters. The van der Waals surface area contributed by atoms with E-state index in [4.69, 9.17) is 0 Å². The summed E-state index contributed by atoms with van der Waals surface area (Å²) in [7, 11) is -3.22. The van der Waals surface area contributed by atoms with Crippen LogP contribution in [0, 0.1) is 13.8 Å². The number of alkyl halides is 1. The highest BCUT2D eigenvalue weighted by molar-refractivity contribution is 9.09. The van der Waals surface area contributed by atoms with Gasteiger partial charge in [-0.2, -0.15) is 0 Å². The van der Waals surface area contributed by atoms with Gasteiger partial charge in [-0.05, 0) is 37.0 Å². The number of rotatable bonds is 6. The van der Waals surface area contributed by atoms with Crippen molar-refractivity contribution in [3.63, 3.8) is 0 Å². The van der Waals surface area contributed by atoms with Crippen molar-refractivity contribution in [2.24, 2.45) is 0 Å². The number of nitrogens with one attached hydrogen (secondary N) is 1. The molecule has 0 bridgehead atoms. The molecule has 0 aromatic heterocycles. The summed E-state index contributed by atoms with van der Waals surface area (Å²) >= 11 is 3.27. The third-order valence-corrected chi connectivity index (χ3v) is 4.48. The summed E-state index contributed by atoms with van der Waals surface area (Å²) in [6, 6.07) is 5.83. The molecular weight excluding hydrogens is 302 g/mol. The lowest BCUT2D eigenvalue weighted by Gasteiger charge is -2.11. The lowest BCUT2D eigenvalue weighted by molar-refractivity contribution is 0.580. The number of hydrogen-bond donors (Lipinski definition) is 1.